The molecule has 1 heterocycles. The Morgan fingerprint density at radius 3 is 2.38 bits per heavy atom. The molecule has 0 atom stereocenters. The first-order chi connectivity index (χ1) is 16.4. The molecule has 0 fully saturated rings. The summed E-state index contributed by atoms with van der Waals surface area (Å²) in [4.78, 5) is 12.6. The lowest BCUT2D eigenvalue weighted by Gasteiger charge is -2.08. The van der Waals surface area contributed by atoms with E-state index < -0.39 is 5.82 Å². The predicted molar refractivity (Wildman–Crippen MR) is 129 cm³/mol. The first-order valence-electron chi connectivity index (χ1n) is 10.3. The van der Waals surface area contributed by atoms with Crippen molar-refractivity contribution in [2.45, 2.75) is 13.2 Å². The fourth-order valence-electron chi connectivity index (χ4n) is 3.18. The molecule has 1 N–H and O–H groups in total. The van der Waals surface area contributed by atoms with Gasteiger partial charge < -0.3 is 14.8 Å². The van der Waals surface area contributed by atoms with Crippen LogP contribution in [0.15, 0.2) is 72.9 Å². The fraction of sp³-hybridized carbons (Fsp3) is 0.120. The summed E-state index contributed by atoms with van der Waals surface area (Å²) in [7, 11) is 1.61. The number of hydrogen-bond acceptors (Lipinski definition) is 4. The molecule has 34 heavy (non-hydrogen) atoms. The molecule has 4 aromatic rings. The van der Waals surface area contributed by atoms with E-state index in [2.05, 4.69) is 10.4 Å². The minimum Gasteiger partial charge on any atom is -0.497 e. The minimum atomic E-state index is -0.444. The summed E-state index contributed by atoms with van der Waals surface area (Å²) in [6, 6.07) is 18.7. The summed E-state index contributed by atoms with van der Waals surface area (Å²) in [5.41, 5.74) is 1.61. The number of methoxy groups -OCH3 is 1. The molecule has 1 aromatic heterocycles. The Morgan fingerprint density at radius 1 is 1.00 bits per heavy atom. The first-order valence-corrected chi connectivity index (χ1v) is 11.0. The molecule has 0 saturated heterocycles. The van der Waals surface area contributed by atoms with Gasteiger partial charge in [-0.25, -0.2) is 4.39 Å². The van der Waals surface area contributed by atoms with E-state index in [-0.39, 0.29) is 33.9 Å². The number of carbonyl (C=O) groups excluding carboxylic acids is 1. The number of ether oxygens (including phenoxy) is 2. The van der Waals surface area contributed by atoms with Crippen LogP contribution in [0.1, 0.15) is 21.5 Å². The van der Waals surface area contributed by atoms with Crippen molar-refractivity contribution in [2.24, 2.45) is 0 Å². The lowest BCUT2D eigenvalue weighted by atomic mass is 10.1. The molecule has 0 aliphatic carbocycles. The Bertz CT molecular complexity index is 1270. The van der Waals surface area contributed by atoms with Gasteiger partial charge in [0.05, 0.1) is 13.7 Å². The van der Waals surface area contributed by atoms with Crippen LogP contribution in [0.3, 0.4) is 0 Å². The molecule has 0 saturated carbocycles. The van der Waals surface area contributed by atoms with Crippen molar-refractivity contribution in [2.75, 3.05) is 12.4 Å². The maximum Gasteiger partial charge on any atom is 0.256 e. The molecule has 0 aliphatic heterocycles. The summed E-state index contributed by atoms with van der Waals surface area (Å²) >= 11 is 12.3. The monoisotopic (exact) mass is 499 g/mol. The van der Waals surface area contributed by atoms with E-state index >= 15 is 0 Å². The van der Waals surface area contributed by atoms with Crippen LogP contribution >= 0.6 is 23.2 Å². The third-order valence-electron chi connectivity index (χ3n) is 5.01. The average Bonchev–Trinajstić information content (AvgIpc) is 3.19. The highest BCUT2D eigenvalue weighted by molar-refractivity contribution is 6.33. The number of rotatable bonds is 8. The van der Waals surface area contributed by atoms with Crippen LogP contribution < -0.4 is 14.8 Å². The Hall–Kier alpha value is -3.55. The second kappa shape index (κ2) is 10.6. The number of nitrogens with zero attached hydrogens (tertiary/aromatic N) is 2. The van der Waals surface area contributed by atoms with Crippen molar-refractivity contribution in [3.05, 3.63) is 105 Å². The molecule has 3 aromatic carbocycles. The zero-order chi connectivity index (χ0) is 24.1. The SMILES string of the molecule is COc1ccc(OCc2ccc(C(=O)Nc3nn(Cc4c(F)cccc4Cl)cc3Cl)cc2)cc1. The van der Waals surface area contributed by atoms with Gasteiger partial charge >= 0.3 is 0 Å². The number of anilines is 1. The highest BCUT2D eigenvalue weighted by Crippen LogP contribution is 2.24. The molecular weight excluding hydrogens is 480 g/mol. The van der Waals surface area contributed by atoms with Crippen LogP contribution in [0.25, 0.3) is 0 Å². The van der Waals surface area contributed by atoms with Gasteiger partial charge in [0.15, 0.2) is 5.82 Å². The van der Waals surface area contributed by atoms with Crippen LogP contribution in [0.4, 0.5) is 10.2 Å². The van der Waals surface area contributed by atoms with Gasteiger partial charge in [0, 0.05) is 22.3 Å². The molecule has 0 unspecified atom stereocenters. The van der Waals surface area contributed by atoms with Crippen molar-refractivity contribution < 1.29 is 18.7 Å². The minimum absolute atomic E-state index is 0.0734. The van der Waals surface area contributed by atoms with Gasteiger partial charge in [0.1, 0.15) is 28.9 Å². The van der Waals surface area contributed by atoms with Gasteiger partial charge in [-0.2, -0.15) is 5.10 Å². The van der Waals surface area contributed by atoms with Crippen LogP contribution in [0.5, 0.6) is 11.5 Å². The van der Waals surface area contributed by atoms with E-state index in [1.807, 2.05) is 24.3 Å². The average molecular weight is 500 g/mol. The van der Waals surface area contributed by atoms with Gasteiger partial charge in [-0.05, 0) is 54.1 Å². The number of nitrogens with one attached hydrogen (secondary N) is 1. The zero-order valence-electron chi connectivity index (χ0n) is 18.1. The van der Waals surface area contributed by atoms with Crippen molar-refractivity contribution in [1.82, 2.24) is 9.78 Å². The highest BCUT2D eigenvalue weighted by atomic mass is 35.5. The first kappa shape index (κ1) is 23.6. The maximum atomic E-state index is 14.0. The quantitative estimate of drug-likeness (QED) is 0.312. The lowest BCUT2D eigenvalue weighted by Crippen LogP contribution is -2.13. The number of amides is 1. The number of halogens is 3. The zero-order valence-corrected chi connectivity index (χ0v) is 19.6. The summed E-state index contributed by atoms with van der Waals surface area (Å²) < 4.78 is 26.3. The standard InChI is InChI=1S/C25H20Cl2FN3O3/c1-33-18-9-11-19(12-10-18)34-15-16-5-7-17(8-6-16)25(32)29-24-22(27)14-31(30-24)13-20-21(26)3-2-4-23(20)28/h2-12,14H,13,15H2,1H3,(H,29,30,32). The van der Waals surface area contributed by atoms with E-state index in [1.165, 1.54) is 23.0 Å². The molecule has 1 amide bonds. The van der Waals surface area contributed by atoms with E-state index in [0.29, 0.717) is 17.9 Å². The van der Waals surface area contributed by atoms with Crippen LogP contribution in [0.2, 0.25) is 10.0 Å². The Balaban J connectivity index is 1.37. The predicted octanol–water partition coefficient (Wildman–Crippen LogP) is 6.22. The molecule has 4 rings (SSSR count). The number of carbonyl (C=O) groups is 1. The van der Waals surface area contributed by atoms with Gasteiger partial charge in [0.2, 0.25) is 0 Å². The second-order valence-electron chi connectivity index (χ2n) is 7.34. The molecular formula is C25H20Cl2FN3O3. The van der Waals surface area contributed by atoms with Gasteiger partial charge in [-0.1, -0.05) is 41.4 Å². The molecule has 174 valence electrons. The summed E-state index contributed by atoms with van der Waals surface area (Å²) in [6.07, 6.45) is 1.50. The van der Waals surface area contributed by atoms with Crippen molar-refractivity contribution in [3.8, 4) is 11.5 Å². The molecule has 9 heteroatoms. The van der Waals surface area contributed by atoms with Crippen molar-refractivity contribution >= 4 is 34.9 Å². The number of hydrogen-bond donors (Lipinski definition) is 1. The molecule has 0 aliphatic rings. The van der Waals surface area contributed by atoms with E-state index in [4.69, 9.17) is 32.7 Å². The fourth-order valence-corrected chi connectivity index (χ4v) is 3.60. The molecule has 6 nitrogen and oxygen atoms in total. The summed E-state index contributed by atoms with van der Waals surface area (Å²) in [6.45, 7) is 0.424. The summed E-state index contributed by atoms with van der Waals surface area (Å²) in [5.74, 6) is 0.818. The number of aromatic nitrogens is 2. The van der Waals surface area contributed by atoms with E-state index in [0.717, 1.165) is 11.3 Å². The topological polar surface area (TPSA) is 65.4 Å². The Kier molecular flexibility index (Phi) is 7.35. The smallest absolute Gasteiger partial charge is 0.256 e. The lowest BCUT2D eigenvalue weighted by molar-refractivity contribution is 0.102. The van der Waals surface area contributed by atoms with Gasteiger partial charge in [-0.15, -0.1) is 0 Å². The van der Waals surface area contributed by atoms with Crippen LogP contribution in [-0.4, -0.2) is 22.8 Å². The second-order valence-corrected chi connectivity index (χ2v) is 8.15. The van der Waals surface area contributed by atoms with E-state index in [1.54, 1.807) is 37.4 Å². The van der Waals surface area contributed by atoms with Gasteiger partial charge in [0.25, 0.3) is 5.91 Å². The van der Waals surface area contributed by atoms with Gasteiger partial charge in [-0.3, -0.25) is 9.48 Å². The summed E-state index contributed by atoms with van der Waals surface area (Å²) in [5, 5.41) is 7.43. The van der Waals surface area contributed by atoms with Crippen molar-refractivity contribution in [1.29, 1.82) is 0 Å². The highest BCUT2D eigenvalue weighted by Gasteiger charge is 2.15. The Labute approximate surface area is 205 Å². The Morgan fingerprint density at radius 2 is 1.71 bits per heavy atom. The molecule has 0 spiro atoms. The van der Waals surface area contributed by atoms with Crippen LogP contribution in [0, 0.1) is 5.82 Å². The molecule has 0 bridgehead atoms. The normalized spacial score (nSPS) is 10.7. The molecule has 0 radical (unpaired) electrons. The van der Waals surface area contributed by atoms with Crippen LogP contribution in [-0.2, 0) is 13.2 Å². The number of benzene rings is 3. The third-order valence-corrected chi connectivity index (χ3v) is 5.64. The van der Waals surface area contributed by atoms with Crippen molar-refractivity contribution in [3.63, 3.8) is 0 Å². The largest absolute Gasteiger partial charge is 0.497 e. The maximum absolute atomic E-state index is 14.0. The third kappa shape index (κ3) is 5.68. The van der Waals surface area contributed by atoms with E-state index in [9.17, 15) is 9.18 Å².